The van der Waals surface area contributed by atoms with Gasteiger partial charge in [0.25, 0.3) is 0 Å². The van der Waals surface area contributed by atoms with Gasteiger partial charge >= 0.3 is 5.97 Å². The highest BCUT2D eigenvalue weighted by atomic mass is 16.5. The molecule has 3 nitrogen and oxygen atoms in total. The number of aryl methyl sites for hydroxylation is 1. The maximum absolute atomic E-state index is 11.4. The van der Waals surface area contributed by atoms with Crippen molar-refractivity contribution in [3.63, 3.8) is 0 Å². The van der Waals surface area contributed by atoms with E-state index in [2.05, 4.69) is 26.8 Å². The fourth-order valence-electron chi connectivity index (χ4n) is 3.96. The zero-order valence-electron chi connectivity index (χ0n) is 12.7. The summed E-state index contributed by atoms with van der Waals surface area (Å²) in [6.45, 7) is 8.04. The summed E-state index contributed by atoms with van der Waals surface area (Å²) in [6, 6.07) is 0. The normalized spacial score (nSPS) is 32.1. The Bertz CT molecular complexity index is 581. The number of ether oxygens (including phenoxy) is 1. The molecule has 1 heterocycles. The molecular weight excluding hydrogens is 252 g/mol. The molecule has 0 amide bonds. The van der Waals surface area contributed by atoms with Gasteiger partial charge in [-0.3, -0.25) is 4.79 Å². The number of carbonyl (C=O) groups is 1. The second-order valence-corrected chi connectivity index (χ2v) is 6.54. The van der Waals surface area contributed by atoms with Gasteiger partial charge in [0.15, 0.2) is 0 Å². The van der Waals surface area contributed by atoms with Crippen LogP contribution in [0.3, 0.4) is 0 Å². The number of fused-ring (bicyclic) bond motifs is 2. The molecule has 0 aromatic carbocycles. The molecule has 1 aromatic heterocycles. The first kappa shape index (κ1) is 13.5. The largest absolute Gasteiger partial charge is 0.469 e. The molecule has 20 heavy (non-hydrogen) atoms. The van der Waals surface area contributed by atoms with Gasteiger partial charge in [0, 0.05) is 25.2 Å². The van der Waals surface area contributed by atoms with E-state index >= 15 is 0 Å². The minimum atomic E-state index is -0.190. The first-order valence-corrected chi connectivity index (χ1v) is 7.31. The summed E-state index contributed by atoms with van der Waals surface area (Å²) in [6.07, 6.45) is 6.70. The van der Waals surface area contributed by atoms with E-state index in [9.17, 15) is 4.79 Å². The van der Waals surface area contributed by atoms with Gasteiger partial charge in [-0.2, -0.15) is 0 Å². The van der Waals surface area contributed by atoms with Crippen LogP contribution in [0.15, 0.2) is 22.3 Å². The number of allylic oxidation sites excluding steroid dienone is 1. The number of rotatable bonds is 1. The lowest BCUT2D eigenvalue weighted by Crippen LogP contribution is -2.48. The van der Waals surface area contributed by atoms with Crippen molar-refractivity contribution in [2.75, 3.05) is 0 Å². The standard InChI is InChI=1S/C17H22O3/c1-10-5-6-16(20-12(3)18)17(4)8-15-13(7-14(10)17)11(2)9-19-15/h5,9,14,16H,6-8H2,1-4H3/t14-,16+,17+/m0/s1. The minimum Gasteiger partial charge on any atom is -0.469 e. The van der Waals surface area contributed by atoms with Gasteiger partial charge in [0.05, 0.1) is 6.26 Å². The highest BCUT2D eigenvalue weighted by Crippen LogP contribution is 2.51. The number of hydrogen-bond donors (Lipinski definition) is 0. The Morgan fingerprint density at radius 1 is 1.45 bits per heavy atom. The first-order chi connectivity index (χ1) is 9.41. The number of hydrogen-bond acceptors (Lipinski definition) is 3. The van der Waals surface area contributed by atoms with Gasteiger partial charge in [-0.15, -0.1) is 0 Å². The average Bonchev–Trinajstić information content (AvgIpc) is 2.72. The lowest BCUT2D eigenvalue weighted by atomic mass is 9.58. The number of furan rings is 1. The van der Waals surface area contributed by atoms with Crippen LogP contribution in [0, 0.1) is 18.3 Å². The highest BCUT2D eigenvalue weighted by Gasteiger charge is 2.49. The van der Waals surface area contributed by atoms with Gasteiger partial charge in [-0.1, -0.05) is 18.6 Å². The quantitative estimate of drug-likeness (QED) is 0.580. The van der Waals surface area contributed by atoms with Crippen LogP contribution >= 0.6 is 0 Å². The number of carbonyl (C=O) groups excluding carboxylic acids is 1. The molecule has 0 radical (unpaired) electrons. The molecule has 0 unspecified atom stereocenters. The Hall–Kier alpha value is -1.51. The zero-order valence-corrected chi connectivity index (χ0v) is 12.7. The molecule has 0 saturated heterocycles. The van der Waals surface area contributed by atoms with E-state index < -0.39 is 0 Å². The second-order valence-electron chi connectivity index (χ2n) is 6.54. The van der Waals surface area contributed by atoms with Crippen LogP contribution in [0.25, 0.3) is 0 Å². The maximum atomic E-state index is 11.4. The lowest BCUT2D eigenvalue weighted by molar-refractivity contribution is -0.156. The van der Waals surface area contributed by atoms with Crippen LogP contribution in [0.2, 0.25) is 0 Å². The third kappa shape index (κ3) is 1.91. The molecule has 3 rings (SSSR count). The van der Waals surface area contributed by atoms with E-state index in [0.717, 1.165) is 25.0 Å². The summed E-state index contributed by atoms with van der Waals surface area (Å²) in [5.74, 6) is 1.32. The predicted molar refractivity (Wildman–Crippen MR) is 76.4 cm³/mol. The third-order valence-corrected chi connectivity index (χ3v) is 5.18. The van der Waals surface area contributed by atoms with E-state index in [1.165, 1.54) is 23.6 Å². The van der Waals surface area contributed by atoms with Gasteiger partial charge in [-0.05, 0) is 37.3 Å². The van der Waals surface area contributed by atoms with Crippen molar-refractivity contribution in [1.82, 2.24) is 0 Å². The summed E-state index contributed by atoms with van der Waals surface area (Å²) in [4.78, 5) is 11.4. The Labute approximate surface area is 120 Å². The van der Waals surface area contributed by atoms with Crippen LogP contribution in [0.1, 0.15) is 44.1 Å². The molecule has 108 valence electrons. The molecule has 0 spiro atoms. The molecule has 3 atom stereocenters. The van der Waals surface area contributed by atoms with Crippen LogP contribution in [0.5, 0.6) is 0 Å². The molecule has 0 fully saturated rings. The topological polar surface area (TPSA) is 39.4 Å². The fourth-order valence-corrected chi connectivity index (χ4v) is 3.96. The van der Waals surface area contributed by atoms with E-state index in [0.29, 0.717) is 5.92 Å². The monoisotopic (exact) mass is 274 g/mol. The third-order valence-electron chi connectivity index (χ3n) is 5.18. The smallest absolute Gasteiger partial charge is 0.302 e. The van der Waals surface area contributed by atoms with Crippen LogP contribution in [-0.4, -0.2) is 12.1 Å². The Morgan fingerprint density at radius 2 is 2.20 bits per heavy atom. The molecule has 1 aromatic rings. The molecule has 3 heteroatoms. The van der Waals surface area contributed by atoms with Crippen molar-refractivity contribution in [3.8, 4) is 0 Å². The second kappa shape index (κ2) is 4.51. The Kier molecular flexibility index (Phi) is 3.03. The fraction of sp³-hybridized carbons (Fsp3) is 0.588. The molecule has 2 aliphatic carbocycles. The van der Waals surface area contributed by atoms with Gasteiger partial charge in [-0.25, -0.2) is 0 Å². The minimum absolute atomic E-state index is 0.0488. The van der Waals surface area contributed by atoms with Crippen molar-refractivity contribution >= 4 is 5.97 Å². The van der Waals surface area contributed by atoms with Crippen LogP contribution in [0.4, 0.5) is 0 Å². The lowest BCUT2D eigenvalue weighted by Gasteiger charge is -2.48. The van der Waals surface area contributed by atoms with Gasteiger partial charge in [0.1, 0.15) is 11.9 Å². The summed E-state index contributed by atoms with van der Waals surface area (Å²) in [5.41, 5.74) is 3.96. The van der Waals surface area contributed by atoms with Crippen LogP contribution in [-0.2, 0) is 22.4 Å². The Morgan fingerprint density at radius 3 is 2.90 bits per heavy atom. The summed E-state index contributed by atoms with van der Waals surface area (Å²) in [5, 5.41) is 0. The zero-order chi connectivity index (χ0) is 14.5. The summed E-state index contributed by atoms with van der Waals surface area (Å²) < 4.78 is 11.3. The summed E-state index contributed by atoms with van der Waals surface area (Å²) in [7, 11) is 0. The molecule has 0 aliphatic heterocycles. The molecule has 0 N–H and O–H groups in total. The summed E-state index contributed by atoms with van der Waals surface area (Å²) >= 11 is 0. The highest BCUT2D eigenvalue weighted by molar-refractivity contribution is 5.66. The van der Waals surface area contributed by atoms with Crippen LogP contribution < -0.4 is 0 Å². The Balaban J connectivity index is 2.02. The van der Waals surface area contributed by atoms with Crippen molar-refractivity contribution < 1.29 is 13.9 Å². The average molecular weight is 274 g/mol. The van der Waals surface area contributed by atoms with Crippen molar-refractivity contribution in [3.05, 3.63) is 34.8 Å². The predicted octanol–water partition coefficient (Wildman–Crippen LogP) is 3.59. The maximum Gasteiger partial charge on any atom is 0.302 e. The molecule has 0 saturated carbocycles. The molecule has 0 bridgehead atoms. The molecular formula is C17H22O3. The van der Waals surface area contributed by atoms with E-state index in [4.69, 9.17) is 9.15 Å². The van der Waals surface area contributed by atoms with E-state index in [1.54, 1.807) is 0 Å². The van der Waals surface area contributed by atoms with E-state index in [-0.39, 0.29) is 17.5 Å². The van der Waals surface area contributed by atoms with E-state index in [1.807, 2.05) is 6.26 Å². The molecule has 2 aliphatic rings. The number of esters is 1. The first-order valence-electron chi connectivity index (χ1n) is 7.31. The van der Waals surface area contributed by atoms with Gasteiger partial charge in [0.2, 0.25) is 0 Å². The van der Waals surface area contributed by atoms with Crippen molar-refractivity contribution in [2.45, 2.75) is 53.1 Å². The SMILES string of the molecule is CC(=O)O[C@@H]1CC=C(C)[C@@H]2Cc3c(C)coc3C[C@@]12C. The van der Waals surface area contributed by atoms with Crippen molar-refractivity contribution in [1.29, 1.82) is 0 Å². The van der Waals surface area contributed by atoms with Crippen molar-refractivity contribution in [2.24, 2.45) is 11.3 Å². The van der Waals surface area contributed by atoms with Gasteiger partial charge < -0.3 is 9.15 Å².